The molecule has 2 nitrogen and oxygen atoms in total. The van der Waals surface area contributed by atoms with Gasteiger partial charge in [0.05, 0.1) is 6.54 Å². The Bertz CT molecular complexity index is 131. The molecule has 8 heavy (non-hydrogen) atoms. The molecule has 0 fully saturated rings. The predicted molar refractivity (Wildman–Crippen MR) is 32.4 cm³/mol. The second kappa shape index (κ2) is 4.28. The summed E-state index contributed by atoms with van der Waals surface area (Å²) in [5.74, 6) is 0. The third kappa shape index (κ3) is 3.32. The summed E-state index contributed by atoms with van der Waals surface area (Å²) in [7, 11) is 0. The van der Waals surface area contributed by atoms with Crippen molar-refractivity contribution in [2.75, 3.05) is 6.54 Å². The van der Waals surface area contributed by atoms with E-state index in [0.717, 1.165) is 5.57 Å². The fourth-order valence-electron chi connectivity index (χ4n) is 0.248. The lowest BCUT2D eigenvalue weighted by Gasteiger charge is -1.85. The minimum absolute atomic E-state index is 0.486. The third-order valence-electron chi connectivity index (χ3n) is 0.886. The number of nitrogens with zero attached hydrogens (tertiary/aromatic N) is 1. The fourth-order valence-corrected chi connectivity index (χ4v) is 0.248. The highest BCUT2D eigenvalue weighted by atomic mass is 16.1. The number of carbonyl (C=O) groups excluding carboxylic acids is 1. The summed E-state index contributed by atoms with van der Waals surface area (Å²) in [5, 5.41) is 0. The first-order chi connectivity index (χ1) is 3.81. The van der Waals surface area contributed by atoms with Crippen molar-refractivity contribution in [2.24, 2.45) is 4.99 Å². The van der Waals surface area contributed by atoms with E-state index in [4.69, 9.17) is 0 Å². The lowest BCUT2D eigenvalue weighted by molar-refractivity contribution is 0.563. The maximum absolute atomic E-state index is 9.51. The highest BCUT2D eigenvalue weighted by Crippen LogP contribution is 1.89. The molecule has 44 valence electrons. The van der Waals surface area contributed by atoms with Crippen LogP contribution in [0.15, 0.2) is 16.6 Å². The molecule has 0 unspecified atom stereocenters. The second-order valence-electron chi connectivity index (χ2n) is 1.54. The Morgan fingerprint density at radius 2 is 2.50 bits per heavy atom. The number of aliphatic imine (C=N–C) groups is 1. The van der Waals surface area contributed by atoms with Crippen molar-refractivity contribution in [1.82, 2.24) is 0 Å². The Morgan fingerprint density at radius 3 is 2.88 bits per heavy atom. The molecule has 0 aliphatic rings. The summed E-state index contributed by atoms with van der Waals surface area (Å²) >= 11 is 0. The molecule has 0 heterocycles. The van der Waals surface area contributed by atoms with E-state index in [9.17, 15) is 4.79 Å². The minimum Gasteiger partial charge on any atom is -0.211 e. The van der Waals surface area contributed by atoms with Crippen LogP contribution in [-0.4, -0.2) is 12.6 Å². The standard InChI is InChI=1S/C6H9NO/c1-3-6(2)4-7-5-8/h3H,4H2,1-2H3. The zero-order chi connectivity index (χ0) is 6.41. The monoisotopic (exact) mass is 111 g/mol. The van der Waals surface area contributed by atoms with Gasteiger partial charge in [0.1, 0.15) is 0 Å². The highest BCUT2D eigenvalue weighted by molar-refractivity contribution is 5.33. The Kier molecular flexibility index (Phi) is 3.81. The minimum atomic E-state index is 0.486. The van der Waals surface area contributed by atoms with Crippen LogP contribution >= 0.6 is 0 Å². The van der Waals surface area contributed by atoms with Crippen molar-refractivity contribution in [2.45, 2.75) is 13.8 Å². The fraction of sp³-hybridized carbons (Fsp3) is 0.500. The third-order valence-corrected chi connectivity index (χ3v) is 0.886. The number of hydrogen-bond donors (Lipinski definition) is 0. The number of allylic oxidation sites excluding steroid dienone is 1. The second-order valence-corrected chi connectivity index (χ2v) is 1.54. The highest BCUT2D eigenvalue weighted by Gasteiger charge is 1.79. The molecule has 0 spiro atoms. The number of rotatable bonds is 2. The molecule has 0 amide bonds. The maximum atomic E-state index is 9.51. The van der Waals surface area contributed by atoms with E-state index >= 15 is 0 Å². The first kappa shape index (κ1) is 7.12. The molecule has 0 aromatic heterocycles. The largest absolute Gasteiger partial charge is 0.235 e. The van der Waals surface area contributed by atoms with E-state index in [0.29, 0.717) is 6.54 Å². The Morgan fingerprint density at radius 1 is 1.88 bits per heavy atom. The van der Waals surface area contributed by atoms with Crippen LogP contribution in [-0.2, 0) is 4.79 Å². The molecule has 0 saturated heterocycles. The SMILES string of the molecule is CC=C(C)CN=C=O. The van der Waals surface area contributed by atoms with Gasteiger partial charge in [0.2, 0.25) is 6.08 Å². The first-order valence-corrected chi connectivity index (χ1v) is 2.46. The van der Waals surface area contributed by atoms with Gasteiger partial charge in [-0.2, -0.15) is 0 Å². The van der Waals surface area contributed by atoms with Gasteiger partial charge in [-0.3, -0.25) is 0 Å². The van der Waals surface area contributed by atoms with Crippen LogP contribution in [0.5, 0.6) is 0 Å². The first-order valence-electron chi connectivity index (χ1n) is 2.46. The van der Waals surface area contributed by atoms with Crippen LogP contribution in [0.25, 0.3) is 0 Å². The van der Waals surface area contributed by atoms with Gasteiger partial charge < -0.3 is 0 Å². The Labute approximate surface area is 48.9 Å². The molecule has 0 aromatic rings. The van der Waals surface area contributed by atoms with Gasteiger partial charge in [-0.1, -0.05) is 11.6 Å². The normalized spacial score (nSPS) is 10.5. The van der Waals surface area contributed by atoms with Crippen LogP contribution in [0.2, 0.25) is 0 Å². The Hall–Kier alpha value is -0.880. The van der Waals surface area contributed by atoms with Gasteiger partial charge in [-0.15, -0.1) is 0 Å². The van der Waals surface area contributed by atoms with Crippen molar-refractivity contribution in [3.05, 3.63) is 11.6 Å². The van der Waals surface area contributed by atoms with Gasteiger partial charge in [0.25, 0.3) is 0 Å². The van der Waals surface area contributed by atoms with Crippen molar-refractivity contribution >= 4 is 6.08 Å². The molecule has 0 rings (SSSR count). The molecular formula is C6H9NO. The quantitative estimate of drug-likeness (QED) is 0.300. The van der Waals surface area contributed by atoms with Gasteiger partial charge in [0.15, 0.2) is 0 Å². The molecule has 0 aliphatic heterocycles. The van der Waals surface area contributed by atoms with Crippen LogP contribution in [0.4, 0.5) is 0 Å². The molecule has 0 aliphatic carbocycles. The zero-order valence-electron chi connectivity index (χ0n) is 5.14. The summed E-state index contributed by atoms with van der Waals surface area (Å²) in [6, 6.07) is 0. The summed E-state index contributed by atoms with van der Waals surface area (Å²) in [6.45, 7) is 4.32. The van der Waals surface area contributed by atoms with E-state index < -0.39 is 0 Å². The van der Waals surface area contributed by atoms with Gasteiger partial charge in [-0.25, -0.2) is 9.79 Å². The van der Waals surface area contributed by atoms with E-state index in [2.05, 4.69) is 4.99 Å². The molecule has 0 saturated carbocycles. The summed E-state index contributed by atoms with van der Waals surface area (Å²) in [4.78, 5) is 12.9. The van der Waals surface area contributed by atoms with Crippen LogP contribution in [0.1, 0.15) is 13.8 Å². The predicted octanol–water partition coefficient (Wildman–Crippen LogP) is 1.29. The summed E-state index contributed by atoms with van der Waals surface area (Å²) < 4.78 is 0. The van der Waals surface area contributed by atoms with Gasteiger partial charge in [0, 0.05) is 0 Å². The maximum Gasteiger partial charge on any atom is 0.235 e. The van der Waals surface area contributed by atoms with Crippen molar-refractivity contribution in [1.29, 1.82) is 0 Å². The number of hydrogen-bond acceptors (Lipinski definition) is 2. The zero-order valence-corrected chi connectivity index (χ0v) is 5.14. The average Bonchev–Trinajstić information content (AvgIpc) is 1.83. The van der Waals surface area contributed by atoms with E-state index in [-0.39, 0.29) is 0 Å². The number of isocyanates is 1. The summed E-state index contributed by atoms with van der Waals surface area (Å²) in [5.41, 5.74) is 1.09. The van der Waals surface area contributed by atoms with E-state index in [1.807, 2.05) is 19.9 Å². The smallest absolute Gasteiger partial charge is 0.211 e. The summed E-state index contributed by atoms with van der Waals surface area (Å²) in [6.07, 6.45) is 3.38. The van der Waals surface area contributed by atoms with Crippen LogP contribution in [0, 0.1) is 0 Å². The molecular weight excluding hydrogens is 102 g/mol. The molecule has 0 atom stereocenters. The van der Waals surface area contributed by atoms with Crippen molar-refractivity contribution < 1.29 is 4.79 Å². The average molecular weight is 111 g/mol. The Balaban J connectivity index is 3.55. The topological polar surface area (TPSA) is 29.4 Å². The molecule has 0 bridgehead atoms. The molecule has 0 aromatic carbocycles. The molecule has 0 N–H and O–H groups in total. The van der Waals surface area contributed by atoms with Crippen molar-refractivity contribution in [3.63, 3.8) is 0 Å². The lowest BCUT2D eigenvalue weighted by Crippen LogP contribution is -1.78. The van der Waals surface area contributed by atoms with Crippen molar-refractivity contribution in [3.8, 4) is 0 Å². The molecule has 0 radical (unpaired) electrons. The van der Waals surface area contributed by atoms with Crippen LogP contribution < -0.4 is 0 Å². The lowest BCUT2D eigenvalue weighted by atomic mass is 10.3. The van der Waals surface area contributed by atoms with Gasteiger partial charge >= 0.3 is 0 Å². The molecule has 2 heteroatoms. The van der Waals surface area contributed by atoms with Gasteiger partial charge in [-0.05, 0) is 13.8 Å². The van der Waals surface area contributed by atoms with Crippen LogP contribution in [0.3, 0.4) is 0 Å². The van der Waals surface area contributed by atoms with E-state index in [1.54, 1.807) is 0 Å². The van der Waals surface area contributed by atoms with E-state index in [1.165, 1.54) is 6.08 Å².